The lowest BCUT2D eigenvalue weighted by Crippen LogP contribution is -2.39. The molecule has 1 saturated heterocycles. The van der Waals surface area contributed by atoms with Gasteiger partial charge in [0.2, 0.25) is 10.0 Å². The smallest absolute Gasteiger partial charge is 0.240 e. The highest BCUT2D eigenvalue weighted by Crippen LogP contribution is 2.23. The van der Waals surface area contributed by atoms with Gasteiger partial charge >= 0.3 is 0 Å². The summed E-state index contributed by atoms with van der Waals surface area (Å²) in [6.07, 6.45) is 2.34. The largest absolute Gasteiger partial charge is 0.506 e. The molecule has 6 nitrogen and oxygen atoms in total. The molecule has 21 heavy (non-hydrogen) atoms. The summed E-state index contributed by atoms with van der Waals surface area (Å²) in [5, 5.41) is 9.33. The van der Waals surface area contributed by atoms with Gasteiger partial charge in [-0.2, -0.15) is 0 Å². The van der Waals surface area contributed by atoms with Crippen LogP contribution in [0.5, 0.6) is 5.75 Å². The molecule has 0 radical (unpaired) electrons. The van der Waals surface area contributed by atoms with E-state index in [2.05, 4.69) is 16.5 Å². The molecule has 0 spiro atoms. The topological polar surface area (TPSA) is 95.7 Å². The average Bonchev–Trinajstić information content (AvgIpc) is 2.44. The number of phenols is 1. The summed E-state index contributed by atoms with van der Waals surface area (Å²) < 4.78 is 26.8. The Hall–Kier alpha value is -1.31. The van der Waals surface area contributed by atoms with Gasteiger partial charge in [-0.05, 0) is 50.0 Å². The summed E-state index contributed by atoms with van der Waals surface area (Å²) in [5.41, 5.74) is 5.58. The van der Waals surface area contributed by atoms with Crippen molar-refractivity contribution >= 4 is 15.7 Å². The predicted octanol–water partition coefficient (Wildman–Crippen LogP) is 0.985. The maximum absolute atomic E-state index is 12.1. The minimum Gasteiger partial charge on any atom is -0.506 e. The minimum atomic E-state index is -3.58. The number of hydrogen-bond acceptors (Lipinski definition) is 5. The van der Waals surface area contributed by atoms with Gasteiger partial charge in [-0.25, -0.2) is 13.1 Å². The van der Waals surface area contributed by atoms with E-state index in [0.29, 0.717) is 13.1 Å². The number of nitrogens with one attached hydrogen (secondary N) is 1. The van der Waals surface area contributed by atoms with Crippen LogP contribution in [-0.2, 0) is 10.0 Å². The number of nitrogens with zero attached hydrogens (tertiary/aromatic N) is 1. The number of anilines is 1. The lowest BCUT2D eigenvalue weighted by molar-refractivity contribution is 0.195. The van der Waals surface area contributed by atoms with Crippen LogP contribution in [0, 0.1) is 5.92 Å². The highest BCUT2D eigenvalue weighted by atomic mass is 32.2. The molecule has 4 N–H and O–H groups in total. The fraction of sp³-hybridized carbons (Fsp3) is 0.571. The van der Waals surface area contributed by atoms with E-state index < -0.39 is 10.0 Å². The summed E-state index contributed by atoms with van der Waals surface area (Å²) in [7, 11) is -3.58. The Morgan fingerprint density at radius 2 is 2.05 bits per heavy atom. The van der Waals surface area contributed by atoms with Crippen molar-refractivity contribution in [2.45, 2.75) is 24.7 Å². The molecule has 1 aromatic rings. The lowest BCUT2D eigenvalue weighted by Gasteiger charge is -2.30. The van der Waals surface area contributed by atoms with Crippen molar-refractivity contribution in [1.29, 1.82) is 0 Å². The van der Waals surface area contributed by atoms with Gasteiger partial charge in [0.05, 0.1) is 10.6 Å². The Labute approximate surface area is 126 Å². The summed E-state index contributed by atoms with van der Waals surface area (Å²) in [6, 6.07) is 3.90. The zero-order valence-electron chi connectivity index (χ0n) is 12.2. The van der Waals surface area contributed by atoms with E-state index in [1.165, 1.54) is 31.0 Å². The Bertz CT molecular complexity index is 581. The molecule has 0 amide bonds. The molecular formula is C14H23N3O3S. The van der Waals surface area contributed by atoms with Crippen molar-refractivity contribution in [2.24, 2.45) is 5.92 Å². The van der Waals surface area contributed by atoms with Gasteiger partial charge in [-0.1, -0.05) is 6.92 Å². The molecule has 0 bridgehead atoms. The number of piperidine rings is 1. The fourth-order valence-corrected chi connectivity index (χ4v) is 3.46. The Morgan fingerprint density at radius 1 is 1.38 bits per heavy atom. The number of sulfonamides is 1. The summed E-state index contributed by atoms with van der Waals surface area (Å²) in [6.45, 7) is 5.37. The molecule has 0 atom stereocenters. The maximum Gasteiger partial charge on any atom is 0.240 e. The molecule has 0 saturated carbocycles. The van der Waals surface area contributed by atoms with Gasteiger partial charge < -0.3 is 15.7 Å². The van der Waals surface area contributed by atoms with Gasteiger partial charge in [-0.3, -0.25) is 0 Å². The van der Waals surface area contributed by atoms with E-state index in [4.69, 9.17) is 5.73 Å². The highest BCUT2D eigenvalue weighted by molar-refractivity contribution is 7.89. The average molecular weight is 313 g/mol. The molecule has 1 aliphatic rings. The molecule has 1 aliphatic heterocycles. The molecular weight excluding hydrogens is 290 g/mol. The maximum atomic E-state index is 12.1. The van der Waals surface area contributed by atoms with Crippen LogP contribution >= 0.6 is 0 Å². The molecule has 0 aliphatic carbocycles. The lowest BCUT2D eigenvalue weighted by atomic mass is 9.99. The summed E-state index contributed by atoms with van der Waals surface area (Å²) in [4.78, 5) is 2.35. The molecule has 118 valence electrons. The van der Waals surface area contributed by atoms with Crippen molar-refractivity contribution in [3.8, 4) is 5.75 Å². The number of benzene rings is 1. The van der Waals surface area contributed by atoms with Crippen LogP contribution in [0.1, 0.15) is 19.8 Å². The van der Waals surface area contributed by atoms with Gasteiger partial charge in [0.15, 0.2) is 0 Å². The SMILES string of the molecule is CC1CCN(CCNS(=O)(=O)c2ccc(O)c(N)c2)CC1. The first-order chi connectivity index (χ1) is 9.88. The first kappa shape index (κ1) is 16.1. The van der Waals surface area contributed by atoms with E-state index in [0.717, 1.165) is 19.0 Å². The zero-order valence-corrected chi connectivity index (χ0v) is 13.1. The molecule has 1 aromatic carbocycles. The third-order valence-corrected chi connectivity index (χ3v) is 5.36. The molecule has 0 unspecified atom stereocenters. The van der Waals surface area contributed by atoms with Gasteiger partial charge in [0.25, 0.3) is 0 Å². The first-order valence-corrected chi connectivity index (χ1v) is 8.67. The number of rotatable bonds is 5. The normalized spacial score (nSPS) is 18.0. The monoisotopic (exact) mass is 313 g/mol. The number of phenolic OH excluding ortho intramolecular Hbond substituents is 1. The van der Waals surface area contributed by atoms with Crippen molar-refractivity contribution in [1.82, 2.24) is 9.62 Å². The Kier molecular flexibility index (Phi) is 5.08. The van der Waals surface area contributed by atoms with Crippen LogP contribution in [0.15, 0.2) is 23.1 Å². The van der Waals surface area contributed by atoms with Crippen molar-refractivity contribution in [3.63, 3.8) is 0 Å². The second kappa shape index (κ2) is 6.64. The number of likely N-dealkylation sites (tertiary alicyclic amines) is 1. The van der Waals surface area contributed by atoms with Crippen LogP contribution in [0.2, 0.25) is 0 Å². The van der Waals surface area contributed by atoms with Crippen molar-refractivity contribution in [2.75, 3.05) is 31.9 Å². The second-order valence-electron chi connectivity index (χ2n) is 5.64. The van der Waals surface area contributed by atoms with Crippen LogP contribution < -0.4 is 10.5 Å². The first-order valence-electron chi connectivity index (χ1n) is 7.19. The molecule has 0 aromatic heterocycles. The van der Waals surface area contributed by atoms with Gasteiger partial charge in [0.1, 0.15) is 5.75 Å². The van der Waals surface area contributed by atoms with Crippen LogP contribution in [0.4, 0.5) is 5.69 Å². The molecule has 1 fully saturated rings. The van der Waals surface area contributed by atoms with E-state index in [1.807, 2.05) is 0 Å². The fourth-order valence-electron chi connectivity index (χ4n) is 2.41. The third-order valence-electron chi connectivity index (χ3n) is 3.91. The predicted molar refractivity (Wildman–Crippen MR) is 82.5 cm³/mol. The summed E-state index contributed by atoms with van der Waals surface area (Å²) in [5.74, 6) is 0.647. The Balaban J connectivity index is 1.88. The van der Waals surface area contributed by atoms with Crippen LogP contribution in [0.3, 0.4) is 0 Å². The van der Waals surface area contributed by atoms with Gasteiger partial charge in [0, 0.05) is 13.1 Å². The summed E-state index contributed by atoms with van der Waals surface area (Å²) >= 11 is 0. The number of aromatic hydroxyl groups is 1. The highest BCUT2D eigenvalue weighted by Gasteiger charge is 2.18. The number of nitrogen functional groups attached to an aromatic ring is 1. The number of hydrogen-bond donors (Lipinski definition) is 3. The van der Waals surface area contributed by atoms with Crippen LogP contribution in [-0.4, -0.2) is 44.6 Å². The van der Waals surface area contributed by atoms with Crippen LogP contribution in [0.25, 0.3) is 0 Å². The van der Waals surface area contributed by atoms with Crippen molar-refractivity contribution in [3.05, 3.63) is 18.2 Å². The van der Waals surface area contributed by atoms with E-state index in [-0.39, 0.29) is 16.3 Å². The molecule has 7 heteroatoms. The third kappa shape index (κ3) is 4.33. The number of nitrogens with two attached hydrogens (primary N) is 1. The second-order valence-corrected chi connectivity index (χ2v) is 7.41. The van der Waals surface area contributed by atoms with E-state index in [1.54, 1.807) is 0 Å². The van der Waals surface area contributed by atoms with Crippen molar-refractivity contribution < 1.29 is 13.5 Å². The van der Waals surface area contributed by atoms with E-state index in [9.17, 15) is 13.5 Å². The molecule has 2 rings (SSSR count). The Morgan fingerprint density at radius 3 is 2.67 bits per heavy atom. The minimum absolute atomic E-state index is 0.0582. The van der Waals surface area contributed by atoms with E-state index >= 15 is 0 Å². The standard InChI is InChI=1S/C14H23N3O3S/c1-11-4-7-17(8-5-11)9-6-16-21(19,20)12-2-3-14(18)13(15)10-12/h2-3,10-11,16,18H,4-9,15H2,1H3. The van der Waals surface area contributed by atoms with Gasteiger partial charge in [-0.15, -0.1) is 0 Å². The zero-order chi connectivity index (χ0) is 15.5. The molecule has 1 heterocycles. The quantitative estimate of drug-likeness (QED) is 0.556.